The number of ether oxygens (including phenoxy) is 1. The second-order valence-electron chi connectivity index (χ2n) is 6.16. The lowest BCUT2D eigenvalue weighted by molar-refractivity contribution is -0.140. The molecule has 5 heteroatoms. The third-order valence-corrected chi connectivity index (χ3v) is 4.64. The molecule has 1 aromatic heterocycles. The maximum Gasteiger partial charge on any atom is 0.226 e. The molecule has 1 aliphatic heterocycles. The van der Waals surface area contributed by atoms with Gasteiger partial charge < -0.3 is 14.1 Å². The van der Waals surface area contributed by atoms with Crippen LogP contribution in [-0.2, 0) is 9.53 Å². The van der Waals surface area contributed by atoms with Crippen LogP contribution in [0.5, 0.6) is 0 Å². The highest BCUT2D eigenvalue weighted by Crippen LogP contribution is 2.48. The number of benzene rings is 1. The second-order valence-corrected chi connectivity index (χ2v) is 6.16. The molecule has 0 unspecified atom stereocenters. The van der Waals surface area contributed by atoms with Crippen molar-refractivity contribution in [3.63, 3.8) is 0 Å². The Morgan fingerprint density at radius 3 is 2.78 bits per heavy atom. The van der Waals surface area contributed by atoms with Crippen molar-refractivity contribution in [2.45, 2.75) is 18.4 Å². The van der Waals surface area contributed by atoms with Crippen LogP contribution in [0.2, 0.25) is 0 Å². The molecule has 3 atom stereocenters. The van der Waals surface area contributed by atoms with E-state index in [4.69, 9.17) is 9.15 Å². The Kier molecular flexibility index (Phi) is 3.65. The Morgan fingerprint density at radius 2 is 2.04 bits per heavy atom. The zero-order chi connectivity index (χ0) is 15.8. The van der Waals surface area contributed by atoms with E-state index in [0.717, 1.165) is 17.7 Å². The predicted molar refractivity (Wildman–Crippen MR) is 81.2 cm³/mol. The van der Waals surface area contributed by atoms with Crippen LogP contribution in [0, 0.1) is 11.7 Å². The highest BCUT2D eigenvalue weighted by atomic mass is 19.1. The molecule has 1 saturated carbocycles. The van der Waals surface area contributed by atoms with Crippen molar-refractivity contribution >= 4 is 5.91 Å². The molecule has 0 N–H and O–H groups in total. The van der Waals surface area contributed by atoms with Crippen LogP contribution < -0.4 is 0 Å². The van der Waals surface area contributed by atoms with E-state index in [-0.39, 0.29) is 29.7 Å². The van der Waals surface area contributed by atoms with Crippen LogP contribution in [0.25, 0.3) is 0 Å². The average Bonchev–Trinajstić information content (AvgIpc) is 3.20. The van der Waals surface area contributed by atoms with Gasteiger partial charge in [-0.2, -0.15) is 0 Å². The fourth-order valence-corrected chi connectivity index (χ4v) is 3.25. The van der Waals surface area contributed by atoms with E-state index in [1.807, 2.05) is 17.0 Å². The molecule has 2 aliphatic rings. The van der Waals surface area contributed by atoms with Gasteiger partial charge in [0.2, 0.25) is 5.91 Å². The van der Waals surface area contributed by atoms with E-state index >= 15 is 0 Å². The molecule has 0 radical (unpaired) electrons. The summed E-state index contributed by atoms with van der Waals surface area (Å²) in [5.41, 5.74) is 0.905. The SMILES string of the molecule is O=C([C@@H]1C[C@@H]1c1ccco1)N1CCO[C@@H](c2ccc(F)cc2)C1. The summed E-state index contributed by atoms with van der Waals surface area (Å²) in [7, 11) is 0. The van der Waals surface area contributed by atoms with E-state index in [1.165, 1.54) is 12.1 Å². The first-order valence-corrected chi connectivity index (χ1v) is 7.91. The van der Waals surface area contributed by atoms with Crippen molar-refractivity contribution in [2.75, 3.05) is 19.7 Å². The number of hydrogen-bond donors (Lipinski definition) is 0. The lowest BCUT2D eigenvalue weighted by Gasteiger charge is -2.33. The number of nitrogens with zero attached hydrogens (tertiary/aromatic N) is 1. The molecule has 1 saturated heterocycles. The predicted octanol–water partition coefficient (Wildman–Crippen LogP) is 3.12. The van der Waals surface area contributed by atoms with Crippen molar-refractivity contribution in [1.29, 1.82) is 0 Å². The summed E-state index contributed by atoms with van der Waals surface area (Å²) in [4.78, 5) is 14.5. The first-order chi connectivity index (χ1) is 11.2. The van der Waals surface area contributed by atoms with Crippen molar-refractivity contribution < 1.29 is 18.3 Å². The second kappa shape index (κ2) is 5.81. The maximum absolute atomic E-state index is 13.0. The Hall–Kier alpha value is -2.14. The summed E-state index contributed by atoms with van der Waals surface area (Å²) in [6.07, 6.45) is 2.31. The van der Waals surface area contributed by atoms with E-state index < -0.39 is 0 Å². The van der Waals surface area contributed by atoms with Gasteiger partial charge in [-0.3, -0.25) is 4.79 Å². The average molecular weight is 315 g/mol. The lowest BCUT2D eigenvalue weighted by atomic mass is 10.1. The number of carbonyl (C=O) groups excluding carboxylic acids is 1. The van der Waals surface area contributed by atoms with Crippen LogP contribution >= 0.6 is 0 Å². The minimum atomic E-state index is -0.267. The van der Waals surface area contributed by atoms with Gasteiger partial charge in [0.25, 0.3) is 0 Å². The number of hydrogen-bond acceptors (Lipinski definition) is 3. The van der Waals surface area contributed by atoms with Gasteiger partial charge in [-0.15, -0.1) is 0 Å². The van der Waals surface area contributed by atoms with Crippen LogP contribution in [0.15, 0.2) is 47.1 Å². The van der Waals surface area contributed by atoms with Crippen LogP contribution in [0.1, 0.15) is 29.8 Å². The Morgan fingerprint density at radius 1 is 1.22 bits per heavy atom. The standard InChI is InChI=1S/C18H18FNO3/c19-13-5-3-12(4-6-13)17-11-20(7-9-23-17)18(21)15-10-14(15)16-2-1-8-22-16/h1-6,8,14-15,17H,7,9-11H2/t14-,15+,17+/m0/s1. The quantitative estimate of drug-likeness (QED) is 0.874. The molecular formula is C18H18FNO3. The largest absolute Gasteiger partial charge is 0.469 e. The zero-order valence-corrected chi connectivity index (χ0v) is 12.7. The lowest BCUT2D eigenvalue weighted by Crippen LogP contribution is -2.43. The Bertz CT molecular complexity index is 683. The minimum absolute atomic E-state index is 0.0214. The topological polar surface area (TPSA) is 42.7 Å². The third-order valence-electron chi connectivity index (χ3n) is 4.64. The van der Waals surface area contributed by atoms with Crippen LogP contribution in [-0.4, -0.2) is 30.5 Å². The van der Waals surface area contributed by atoms with Gasteiger partial charge in [0, 0.05) is 18.4 Å². The molecule has 0 spiro atoms. The van der Waals surface area contributed by atoms with Crippen LogP contribution in [0.3, 0.4) is 0 Å². The third kappa shape index (κ3) is 2.88. The molecular weight excluding hydrogens is 297 g/mol. The summed E-state index contributed by atoms with van der Waals surface area (Å²) < 4.78 is 24.2. The van der Waals surface area contributed by atoms with Gasteiger partial charge in [-0.25, -0.2) is 4.39 Å². The van der Waals surface area contributed by atoms with Crippen LogP contribution in [0.4, 0.5) is 4.39 Å². The normalized spacial score (nSPS) is 27.0. The Balaban J connectivity index is 1.41. The molecule has 120 valence electrons. The fraction of sp³-hybridized carbons (Fsp3) is 0.389. The maximum atomic E-state index is 13.0. The van der Waals surface area contributed by atoms with E-state index in [1.54, 1.807) is 18.4 Å². The molecule has 23 heavy (non-hydrogen) atoms. The molecule has 2 aromatic rings. The molecule has 4 nitrogen and oxygen atoms in total. The van der Waals surface area contributed by atoms with Gasteiger partial charge in [0.05, 0.1) is 19.4 Å². The molecule has 1 amide bonds. The van der Waals surface area contributed by atoms with Gasteiger partial charge in [-0.05, 0) is 36.2 Å². The number of morpholine rings is 1. The highest BCUT2D eigenvalue weighted by Gasteiger charge is 2.48. The van der Waals surface area contributed by atoms with Gasteiger partial charge in [0.15, 0.2) is 0 Å². The number of amides is 1. The molecule has 1 aliphatic carbocycles. The first-order valence-electron chi connectivity index (χ1n) is 7.91. The summed E-state index contributed by atoms with van der Waals surface area (Å²) in [5.74, 6) is 1.03. The van der Waals surface area contributed by atoms with E-state index in [9.17, 15) is 9.18 Å². The Labute approximate surface area is 133 Å². The molecule has 2 heterocycles. The van der Waals surface area contributed by atoms with Crippen molar-refractivity contribution in [3.8, 4) is 0 Å². The molecule has 2 fully saturated rings. The summed E-state index contributed by atoms with van der Waals surface area (Å²) in [6.45, 7) is 1.63. The number of furan rings is 1. The van der Waals surface area contributed by atoms with E-state index in [0.29, 0.717) is 19.7 Å². The number of halogens is 1. The first kappa shape index (κ1) is 14.5. The molecule has 4 rings (SSSR count). The monoisotopic (exact) mass is 315 g/mol. The molecule has 0 bridgehead atoms. The van der Waals surface area contributed by atoms with Crippen molar-refractivity contribution in [2.24, 2.45) is 5.92 Å². The van der Waals surface area contributed by atoms with Gasteiger partial charge >= 0.3 is 0 Å². The van der Waals surface area contributed by atoms with Gasteiger partial charge in [-0.1, -0.05) is 12.1 Å². The van der Waals surface area contributed by atoms with Crippen molar-refractivity contribution in [1.82, 2.24) is 4.90 Å². The minimum Gasteiger partial charge on any atom is -0.469 e. The summed E-state index contributed by atoms with van der Waals surface area (Å²) in [5, 5.41) is 0. The van der Waals surface area contributed by atoms with E-state index in [2.05, 4.69) is 0 Å². The summed E-state index contributed by atoms with van der Waals surface area (Å²) in [6, 6.07) is 10.1. The fourth-order valence-electron chi connectivity index (χ4n) is 3.25. The number of carbonyl (C=O) groups is 1. The van der Waals surface area contributed by atoms with Gasteiger partial charge in [0.1, 0.15) is 17.7 Å². The highest BCUT2D eigenvalue weighted by molar-refractivity contribution is 5.83. The smallest absolute Gasteiger partial charge is 0.226 e. The van der Waals surface area contributed by atoms with Crippen molar-refractivity contribution in [3.05, 3.63) is 59.8 Å². The zero-order valence-electron chi connectivity index (χ0n) is 12.7. The summed E-state index contributed by atoms with van der Waals surface area (Å²) >= 11 is 0. The number of rotatable bonds is 3. The molecule has 1 aromatic carbocycles.